The summed E-state index contributed by atoms with van der Waals surface area (Å²) in [4.78, 5) is 12.1. The summed E-state index contributed by atoms with van der Waals surface area (Å²) in [6.45, 7) is 4.33. The third-order valence-corrected chi connectivity index (χ3v) is 3.94. The Kier molecular flexibility index (Phi) is 4.07. The summed E-state index contributed by atoms with van der Waals surface area (Å²) in [6.07, 6.45) is 7.46. The van der Waals surface area contributed by atoms with E-state index in [1.54, 1.807) is 0 Å². The number of rotatable bonds is 4. The minimum absolute atomic E-state index is 0.00735. The second-order valence-electron chi connectivity index (χ2n) is 5.85. The minimum atomic E-state index is 0.00735. The van der Waals surface area contributed by atoms with E-state index in [9.17, 15) is 4.79 Å². The van der Waals surface area contributed by atoms with Crippen molar-refractivity contribution in [1.29, 1.82) is 0 Å². The van der Waals surface area contributed by atoms with E-state index in [1.165, 1.54) is 0 Å². The molecular formula is C18H19N3O2. The van der Waals surface area contributed by atoms with Crippen molar-refractivity contribution in [3.05, 3.63) is 41.6 Å². The molecule has 2 aromatic rings. The standard InChI is InChI=1S/C18H19N3O2/c1-4-9-23-14-7-5-13(6-8-14)15-10-17(22)20-18-16(15)11-19-21(18)12(2)3/h1,5-8,11-12,15H,9-10H2,2-3H3,(H,20,22)/t15-/m0/s1. The van der Waals surface area contributed by atoms with Gasteiger partial charge in [0.1, 0.15) is 18.2 Å². The van der Waals surface area contributed by atoms with Crippen LogP contribution in [0.15, 0.2) is 30.5 Å². The second kappa shape index (κ2) is 6.17. The highest BCUT2D eigenvalue weighted by molar-refractivity contribution is 5.94. The van der Waals surface area contributed by atoms with Gasteiger partial charge in [0, 0.05) is 23.9 Å². The quantitative estimate of drug-likeness (QED) is 0.883. The fourth-order valence-corrected chi connectivity index (χ4v) is 2.85. The van der Waals surface area contributed by atoms with Gasteiger partial charge < -0.3 is 10.1 Å². The molecule has 0 saturated carbocycles. The summed E-state index contributed by atoms with van der Waals surface area (Å²) in [5, 5.41) is 7.36. The molecule has 118 valence electrons. The lowest BCUT2D eigenvalue weighted by Gasteiger charge is -2.24. The van der Waals surface area contributed by atoms with Crippen LogP contribution in [-0.4, -0.2) is 22.3 Å². The summed E-state index contributed by atoms with van der Waals surface area (Å²) in [7, 11) is 0. The number of carbonyl (C=O) groups is 1. The van der Waals surface area contributed by atoms with Crippen molar-refractivity contribution >= 4 is 11.7 Å². The number of hydrogen-bond donors (Lipinski definition) is 1. The highest BCUT2D eigenvalue weighted by Crippen LogP contribution is 2.38. The first-order valence-corrected chi connectivity index (χ1v) is 7.63. The van der Waals surface area contributed by atoms with E-state index in [-0.39, 0.29) is 24.5 Å². The largest absolute Gasteiger partial charge is 0.481 e. The van der Waals surface area contributed by atoms with E-state index in [4.69, 9.17) is 11.2 Å². The van der Waals surface area contributed by atoms with Crippen LogP contribution in [0.3, 0.4) is 0 Å². The van der Waals surface area contributed by atoms with Gasteiger partial charge in [-0.25, -0.2) is 4.68 Å². The number of ether oxygens (including phenoxy) is 1. The van der Waals surface area contributed by atoms with Crippen LogP contribution < -0.4 is 10.1 Å². The number of amides is 1. The molecule has 0 fully saturated rings. The van der Waals surface area contributed by atoms with Crippen LogP contribution >= 0.6 is 0 Å². The van der Waals surface area contributed by atoms with Crippen LogP contribution in [0.4, 0.5) is 5.82 Å². The van der Waals surface area contributed by atoms with Gasteiger partial charge in [-0.05, 0) is 31.5 Å². The van der Waals surface area contributed by atoms with Gasteiger partial charge in [0.2, 0.25) is 5.91 Å². The molecule has 1 aliphatic heterocycles. The first-order valence-electron chi connectivity index (χ1n) is 7.63. The van der Waals surface area contributed by atoms with E-state index < -0.39 is 0 Å². The zero-order valence-electron chi connectivity index (χ0n) is 13.2. The van der Waals surface area contributed by atoms with E-state index in [0.717, 1.165) is 22.7 Å². The predicted octanol–water partition coefficient (Wildman–Crippen LogP) is 2.95. The highest BCUT2D eigenvalue weighted by Gasteiger charge is 2.30. The van der Waals surface area contributed by atoms with Crippen LogP contribution in [0.1, 0.15) is 43.4 Å². The van der Waals surface area contributed by atoms with Crippen LogP contribution in [0.5, 0.6) is 5.75 Å². The molecule has 3 rings (SSSR count). The van der Waals surface area contributed by atoms with Crippen molar-refractivity contribution in [3.63, 3.8) is 0 Å². The fraction of sp³-hybridized carbons (Fsp3) is 0.333. The molecule has 0 unspecified atom stereocenters. The smallest absolute Gasteiger partial charge is 0.226 e. The molecule has 0 aliphatic carbocycles. The molecule has 0 saturated heterocycles. The topological polar surface area (TPSA) is 56.1 Å². The first kappa shape index (κ1) is 15.2. The number of fused-ring (bicyclic) bond motifs is 1. The monoisotopic (exact) mass is 309 g/mol. The third-order valence-electron chi connectivity index (χ3n) is 3.94. The van der Waals surface area contributed by atoms with Crippen LogP contribution in [0.25, 0.3) is 0 Å². The van der Waals surface area contributed by atoms with E-state index in [1.807, 2.05) is 49.0 Å². The van der Waals surface area contributed by atoms with Crippen molar-refractivity contribution in [3.8, 4) is 18.1 Å². The SMILES string of the molecule is C#CCOc1ccc([C@@H]2CC(=O)Nc3c2cnn3C(C)C)cc1. The molecule has 23 heavy (non-hydrogen) atoms. The predicted molar refractivity (Wildman–Crippen MR) is 88.5 cm³/mol. The molecule has 0 radical (unpaired) electrons. The first-order chi connectivity index (χ1) is 11.1. The van der Waals surface area contributed by atoms with Gasteiger partial charge in [-0.3, -0.25) is 4.79 Å². The number of nitrogens with one attached hydrogen (secondary N) is 1. The Bertz CT molecular complexity index is 754. The zero-order chi connectivity index (χ0) is 16.4. The fourth-order valence-electron chi connectivity index (χ4n) is 2.85. The minimum Gasteiger partial charge on any atom is -0.481 e. The average molecular weight is 309 g/mol. The molecular weight excluding hydrogens is 290 g/mol. The molecule has 1 amide bonds. The van der Waals surface area contributed by atoms with Gasteiger partial charge in [-0.2, -0.15) is 5.10 Å². The molecule has 0 spiro atoms. The maximum atomic E-state index is 12.1. The number of terminal acetylenes is 1. The van der Waals surface area contributed by atoms with Gasteiger partial charge in [0.05, 0.1) is 6.20 Å². The summed E-state index contributed by atoms with van der Waals surface area (Å²) < 4.78 is 7.24. The number of carbonyl (C=O) groups excluding carboxylic acids is 1. The van der Waals surface area contributed by atoms with Crippen molar-refractivity contribution in [2.75, 3.05) is 11.9 Å². The summed E-state index contributed by atoms with van der Waals surface area (Å²) >= 11 is 0. The number of benzene rings is 1. The normalized spacial score (nSPS) is 16.6. The Labute approximate surface area is 135 Å². The van der Waals surface area contributed by atoms with Gasteiger partial charge in [-0.1, -0.05) is 18.1 Å². The maximum Gasteiger partial charge on any atom is 0.226 e. The number of anilines is 1. The lowest BCUT2D eigenvalue weighted by atomic mass is 9.87. The molecule has 0 bridgehead atoms. The molecule has 5 heteroatoms. The molecule has 1 N–H and O–H groups in total. The lowest BCUT2D eigenvalue weighted by molar-refractivity contribution is -0.116. The Morgan fingerprint density at radius 1 is 1.43 bits per heavy atom. The Morgan fingerprint density at radius 2 is 2.17 bits per heavy atom. The van der Waals surface area contributed by atoms with Crippen molar-refractivity contribution in [2.24, 2.45) is 0 Å². The van der Waals surface area contributed by atoms with Crippen molar-refractivity contribution in [2.45, 2.75) is 32.2 Å². The maximum absolute atomic E-state index is 12.1. The summed E-state index contributed by atoms with van der Waals surface area (Å²) in [5.41, 5.74) is 2.12. The number of nitrogens with zero attached hydrogens (tertiary/aromatic N) is 2. The average Bonchev–Trinajstić information content (AvgIpc) is 2.96. The van der Waals surface area contributed by atoms with Gasteiger partial charge in [0.15, 0.2) is 0 Å². The number of hydrogen-bond acceptors (Lipinski definition) is 3. The Morgan fingerprint density at radius 3 is 2.83 bits per heavy atom. The summed E-state index contributed by atoms with van der Waals surface area (Å²) in [5.74, 6) is 3.99. The van der Waals surface area contributed by atoms with Gasteiger partial charge >= 0.3 is 0 Å². The molecule has 1 aromatic carbocycles. The third kappa shape index (κ3) is 2.93. The van der Waals surface area contributed by atoms with Gasteiger partial charge in [-0.15, -0.1) is 6.42 Å². The molecule has 1 atom stereocenters. The highest BCUT2D eigenvalue weighted by atomic mass is 16.5. The van der Waals surface area contributed by atoms with Crippen LogP contribution in [-0.2, 0) is 4.79 Å². The van der Waals surface area contributed by atoms with E-state index in [0.29, 0.717) is 6.42 Å². The Balaban J connectivity index is 1.92. The van der Waals surface area contributed by atoms with Crippen molar-refractivity contribution < 1.29 is 9.53 Å². The molecule has 1 aromatic heterocycles. The van der Waals surface area contributed by atoms with E-state index in [2.05, 4.69) is 16.3 Å². The molecule has 5 nitrogen and oxygen atoms in total. The van der Waals surface area contributed by atoms with Crippen LogP contribution in [0.2, 0.25) is 0 Å². The van der Waals surface area contributed by atoms with Crippen molar-refractivity contribution in [1.82, 2.24) is 9.78 Å². The zero-order valence-corrected chi connectivity index (χ0v) is 13.2. The van der Waals surface area contributed by atoms with Crippen LogP contribution in [0, 0.1) is 12.3 Å². The molecule has 1 aliphatic rings. The second-order valence-corrected chi connectivity index (χ2v) is 5.85. The molecule has 2 heterocycles. The van der Waals surface area contributed by atoms with Gasteiger partial charge in [0.25, 0.3) is 0 Å². The summed E-state index contributed by atoms with van der Waals surface area (Å²) in [6, 6.07) is 7.91. The Hall–Kier alpha value is -2.74. The van der Waals surface area contributed by atoms with E-state index >= 15 is 0 Å². The lowest BCUT2D eigenvalue weighted by Crippen LogP contribution is -2.25. The number of aromatic nitrogens is 2.